The largest absolute Gasteiger partial charge is 0.497 e. The van der Waals surface area contributed by atoms with Crippen molar-refractivity contribution in [1.29, 1.82) is 0 Å². The minimum atomic E-state index is -0.120. The summed E-state index contributed by atoms with van der Waals surface area (Å²) in [5.74, 6) is 2.22. The second-order valence-electron chi connectivity index (χ2n) is 14.1. The number of hydrogen-bond donors (Lipinski definition) is 5. The van der Waals surface area contributed by atoms with Crippen LogP contribution in [0.1, 0.15) is 52.0 Å². The van der Waals surface area contributed by atoms with Gasteiger partial charge < -0.3 is 39.5 Å². The molecule has 8 bridgehead atoms. The number of aromatic amines is 4. The Morgan fingerprint density at radius 2 is 0.655 bits per heavy atom. The number of carbonyl (C=O) groups excluding carboxylic acids is 1. The van der Waals surface area contributed by atoms with E-state index in [1.54, 1.807) is 21.3 Å². The van der Waals surface area contributed by atoms with E-state index in [2.05, 4.69) is 110 Å². The Balaban J connectivity index is 1.38. The summed E-state index contributed by atoms with van der Waals surface area (Å²) in [5.41, 5.74) is 12.4. The average Bonchev–Trinajstić information content (AvgIpc) is 4.10. The molecule has 9 nitrogen and oxygen atoms in total. The number of benzene rings is 4. The van der Waals surface area contributed by atoms with Crippen molar-refractivity contribution in [3.63, 3.8) is 0 Å². The van der Waals surface area contributed by atoms with Crippen LogP contribution in [-0.2, 0) is 4.79 Å². The highest BCUT2D eigenvalue weighted by molar-refractivity contribution is 5.89. The Hall–Kier alpha value is -7.65. The second-order valence-corrected chi connectivity index (χ2v) is 14.1. The third kappa shape index (κ3) is 6.79. The van der Waals surface area contributed by atoms with Gasteiger partial charge in [-0.3, -0.25) is 4.79 Å². The fourth-order valence-corrected chi connectivity index (χ4v) is 7.77. The van der Waals surface area contributed by atoms with Crippen LogP contribution in [0, 0.1) is 0 Å². The van der Waals surface area contributed by atoms with Crippen LogP contribution >= 0.6 is 0 Å². The molecule has 58 heavy (non-hydrogen) atoms. The average molecular weight is 764 g/mol. The van der Waals surface area contributed by atoms with Gasteiger partial charge >= 0.3 is 0 Å². The molecule has 1 amide bonds. The lowest BCUT2D eigenvalue weighted by molar-refractivity contribution is -0.114. The fraction of sp³-hybridized carbons (Fsp3) is 0.0816. The van der Waals surface area contributed by atoms with Gasteiger partial charge in [0.25, 0.3) is 0 Å². The van der Waals surface area contributed by atoms with Gasteiger partial charge in [0, 0.05) is 79.1 Å². The van der Waals surface area contributed by atoms with Crippen LogP contribution in [0.4, 0.5) is 5.69 Å². The standard InChI is InChI=1S/C49H41N5O4/c1-29(55)50-34-13-5-30(6-14-34)46-38-21-23-40(51-38)47(31-7-15-35(56-2)16-8-31)42-25-27-44(53-42)49(33-11-19-37(58-4)20-12-33)45-28-26-43(54-45)48(41-24-22-39(46)52-41)32-9-17-36(57-3)18-10-32/h5-28,51-54H,1-4H3,(H,50,55). The van der Waals surface area contributed by atoms with E-state index in [1.807, 2.05) is 60.7 Å². The third-order valence-electron chi connectivity index (χ3n) is 10.5. The van der Waals surface area contributed by atoms with Crippen molar-refractivity contribution in [3.8, 4) is 17.2 Å². The first-order valence-electron chi connectivity index (χ1n) is 19.0. The molecule has 9 rings (SSSR count). The second kappa shape index (κ2) is 15.1. The number of anilines is 1. The minimum absolute atomic E-state index is 0.120. The van der Waals surface area contributed by atoms with E-state index in [4.69, 9.17) is 14.2 Å². The lowest BCUT2D eigenvalue weighted by atomic mass is 10.0. The number of methoxy groups -OCH3 is 3. The van der Waals surface area contributed by atoms with Crippen molar-refractivity contribution < 1.29 is 19.0 Å². The van der Waals surface area contributed by atoms with E-state index in [-0.39, 0.29) is 5.91 Å². The van der Waals surface area contributed by atoms with E-state index in [1.165, 1.54) is 6.92 Å². The van der Waals surface area contributed by atoms with E-state index in [0.29, 0.717) is 0 Å². The number of fused-ring (bicyclic) bond motifs is 8. The lowest BCUT2D eigenvalue weighted by Crippen LogP contribution is -2.19. The molecule has 1 aliphatic rings. The number of ether oxygens (including phenoxy) is 3. The highest BCUT2D eigenvalue weighted by Gasteiger charge is 2.19. The lowest BCUT2D eigenvalue weighted by Gasteiger charge is -2.11. The topological polar surface area (TPSA) is 120 Å². The molecule has 5 N–H and O–H groups in total. The Kier molecular flexibility index (Phi) is 9.39. The van der Waals surface area contributed by atoms with Crippen LogP contribution in [0.3, 0.4) is 0 Å². The molecule has 0 unspecified atom stereocenters. The predicted octanol–water partition coefficient (Wildman–Crippen LogP) is 6.29. The molecule has 0 fully saturated rings. The monoisotopic (exact) mass is 763 g/mol. The van der Waals surface area contributed by atoms with Crippen LogP contribution in [0.25, 0.3) is 22.3 Å². The molecule has 0 radical (unpaired) electrons. The summed E-state index contributed by atoms with van der Waals surface area (Å²) in [6.45, 7) is 1.51. The molecular weight excluding hydrogens is 723 g/mol. The quantitative estimate of drug-likeness (QED) is 0.125. The van der Waals surface area contributed by atoms with Gasteiger partial charge in [0.2, 0.25) is 5.91 Å². The van der Waals surface area contributed by atoms with Gasteiger partial charge in [-0.25, -0.2) is 0 Å². The molecule has 1 aliphatic heterocycles. The zero-order valence-electron chi connectivity index (χ0n) is 32.5. The van der Waals surface area contributed by atoms with Crippen molar-refractivity contribution in [2.24, 2.45) is 0 Å². The Morgan fingerprint density at radius 3 is 0.914 bits per heavy atom. The highest BCUT2D eigenvalue weighted by atomic mass is 16.5. The summed E-state index contributed by atoms with van der Waals surface area (Å²) in [6.07, 6.45) is 0. The Labute approximate surface area is 334 Å². The molecule has 0 atom stereocenters. The molecule has 0 aliphatic carbocycles. The Morgan fingerprint density at radius 1 is 0.379 bits per heavy atom. The maximum absolute atomic E-state index is 11.9. The zero-order valence-corrected chi connectivity index (χ0v) is 32.5. The molecule has 286 valence electrons. The van der Waals surface area contributed by atoms with Crippen molar-refractivity contribution >= 4 is 33.9 Å². The fourth-order valence-electron chi connectivity index (χ4n) is 7.77. The summed E-state index contributed by atoms with van der Waals surface area (Å²) < 4.78 is 16.6. The van der Waals surface area contributed by atoms with Crippen molar-refractivity contribution in [3.05, 3.63) is 212 Å². The third-order valence-corrected chi connectivity index (χ3v) is 10.5. The summed E-state index contributed by atoms with van der Waals surface area (Å²) in [4.78, 5) is 27.2. The van der Waals surface area contributed by atoms with Crippen LogP contribution in [0.15, 0.2) is 146 Å². The van der Waals surface area contributed by atoms with Gasteiger partial charge in [0.1, 0.15) is 17.2 Å². The molecule has 0 spiro atoms. The first kappa shape index (κ1) is 36.0. The number of hydrogen-bond acceptors (Lipinski definition) is 4. The van der Waals surface area contributed by atoms with Gasteiger partial charge in [-0.1, -0.05) is 48.5 Å². The SMILES string of the molecule is COc1ccc(C2=c3ccc([nH]3)=C(c3ccc(NC(C)=O)cc3)c3ccc([nH]3)C(c3ccc(OC)cc3)=c3ccc([nH]3)=C(c3ccc(OC)cc3)c3ccc2[nH]3)cc1. The van der Waals surface area contributed by atoms with E-state index >= 15 is 0 Å². The highest BCUT2D eigenvalue weighted by Crippen LogP contribution is 2.30. The summed E-state index contributed by atoms with van der Waals surface area (Å²) in [7, 11) is 5.03. The molecular formula is C49H41N5O4. The summed E-state index contributed by atoms with van der Waals surface area (Å²) >= 11 is 0. The van der Waals surface area contributed by atoms with Gasteiger partial charge in [-0.05, 0) is 119 Å². The van der Waals surface area contributed by atoms with Gasteiger partial charge in [0.05, 0.1) is 21.3 Å². The van der Waals surface area contributed by atoms with E-state index in [0.717, 1.165) is 112 Å². The molecule has 9 heteroatoms. The summed E-state index contributed by atoms with van der Waals surface area (Å²) in [5, 5.41) is 6.62. The van der Waals surface area contributed by atoms with Gasteiger partial charge in [-0.2, -0.15) is 0 Å². The zero-order chi connectivity index (χ0) is 39.8. The first-order chi connectivity index (χ1) is 28.4. The predicted molar refractivity (Wildman–Crippen MR) is 228 cm³/mol. The minimum Gasteiger partial charge on any atom is -0.497 e. The normalized spacial score (nSPS) is 12.4. The van der Waals surface area contributed by atoms with Crippen molar-refractivity contribution in [2.45, 2.75) is 6.92 Å². The van der Waals surface area contributed by atoms with E-state index in [9.17, 15) is 4.79 Å². The van der Waals surface area contributed by atoms with Crippen LogP contribution in [0.2, 0.25) is 0 Å². The van der Waals surface area contributed by atoms with Gasteiger partial charge in [-0.15, -0.1) is 0 Å². The number of carbonyl (C=O) groups is 1. The van der Waals surface area contributed by atoms with Crippen LogP contribution in [-0.4, -0.2) is 47.2 Å². The number of nitrogens with one attached hydrogen (secondary N) is 5. The Bertz CT molecular complexity index is 3040. The maximum Gasteiger partial charge on any atom is 0.221 e. The molecule has 4 aromatic heterocycles. The van der Waals surface area contributed by atoms with Crippen LogP contribution in [0.5, 0.6) is 17.2 Å². The molecule has 4 aromatic carbocycles. The van der Waals surface area contributed by atoms with Gasteiger partial charge in [0.15, 0.2) is 0 Å². The number of amides is 1. The molecule has 0 saturated heterocycles. The maximum atomic E-state index is 11.9. The molecule has 5 heterocycles. The van der Waals surface area contributed by atoms with Crippen molar-refractivity contribution in [1.82, 2.24) is 19.9 Å². The number of aromatic nitrogens is 4. The van der Waals surface area contributed by atoms with E-state index < -0.39 is 0 Å². The van der Waals surface area contributed by atoms with Crippen molar-refractivity contribution in [2.75, 3.05) is 26.6 Å². The molecule has 8 aromatic rings. The van der Waals surface area contributed by atoms with Crippen LogP contribution < -0.4 is 40.9 Å². The first-order valence-corrected chi connectivity index (χ1v) is 19.0. The summed E-state index contributed by atoms with van der Waals surface area (Å²) in [6, 6.07) is 49.4. The number of H-pyrrole nitrogens is 4. The number of rotatable bonds is 8. The molecule has 0 saturated carbocycles. The smallest absolute Gasteiger partial charge is 0.221 e.